The topological polar surface area (TPSA) is 45.2 Å². The molecule has 0 unspecified atom stereocenters. The van der Waals surface area contributed by atoms with Crippen LogP contribution in [0.15, 0.2) is 18.5 Å². The molecule has 0 aliphatic heterocycles. The maximum absolute atomic E-state index is 12.5. The van der Waals surface area contributed by atoms with Crippen LogP contribution in [0.25, 0.3) is 0 Å². The van der Waals surface area contributed by atoms with Crippen LogP contribution in [0, 0.1) is 0 Å². The molecular formula is C13H19N3O. The van der Waals surface area contributed by atoms with Gasteiger partial charge in [-0.05, 0) is 25.3 Å². The van der Waals surface area contributed by atoms with E-state index in [1.165, 1.54) is 0 Å². The summed E-state index contributed by atoms with van der Waals surface area (Å²) in [5, 5.41) is 3.02. The minimum Gasteiger partial charge on any atom is -0.386 e. The van der Waals surface area contributed by atoms with Gasteiger partial charge < -0.3 is 10.2 Å². The molecule has 1 fully saturated rings. The highest BCUT2D eigenvalue weighted by molar-refractivity contribution is 5.99. The predicted octanol–water partition coefficient (Wildman–Crippen LogP) is 2.14. The van der Waals surface area contributed by atoms with Gasteiger partial charge in [0.25, 0.3) is 5.91 Å². The SMILES string of the molecule is CCCN(C(=O)c1ccncc1NC)C1CC1. The van der Waals surface area contributed by atoms with Crippen LogP contribution in [-0.4, -0.2) is 35.4 Å². The number of hydrogen-bond donors (Lipinski definition) is 1. The van der Waals surface area contributed by atoms with Crippen LogP contribution in [0.2, 0.25) is 0 Å². The fourth-order valence-corrected chi connectivity index (χ4v) is 2.01. The van der Waals surface area contributed by atoms with Crippen LogP contribution in [0.1, 0.15) is 36.5 Å². The van der Waals surface area contributed by atoms with Gasteiger partial charge in [-0.1, -0.05) is 6.92 Å². The van der Waals surface area contributed by atoms with Gasteiger partial charge in [-0.2, -0.15) is 0 Å². The Morgan fingerprint density at radius 2 is 2.35 bits per heavy atom. The maximum Gasteiger partial charge on any atom is 0.256 e. The first-order valence-electron chi connectivity index (χ1n) is 6.20. The third-order valence-electron chi connectivity index (χ3n) is 3.03. The van der Waals surface area contributed by atoms with E-state index in [-0.39, 0.29) is 5.91 Å². The Kier molecular flexibility index (Phi) is 3.61. The molecular weight excluding hydrogens is 214 g/mol. The molecule has 0 spiro atoms. The van der Waals surface area contributed by atoms with Crippen LogP contribution in [0.3, 0.4) is 0 Å². The number of carbonyl (C=O) groups excluding carboxylic acids is 1. The van der Waals surface area contributed by atoms with E-state index in [1.807, 2.05) is 11.9 Å². The second-order valence-corrected chi connectivity index (χ2v) is 4.40. The van der Waals surface area contributed by atoms with Crippen molar-refractivity contribution in [2.24, 2.45) is 0 Å². The molecule has 4 nitrogen and oxygen atoms in total. The van der Waals surface area contributed by atoms with Crippen molar-refractivity contribution in [3.05, 3.63) is 24.0 Å². The number of hydrogen-bond acceptors (Lipinski definition) is 3. The first-order valence-corrected chi connectivity index (χ1v) is 6.20. The van der Waals surface area contributed by atoms with Crippen molar-refractivity contribution in [3.8, 4) is 0 Å². The average Bonchev–Trinajstić information content (AvgIpc) is 3.19. The highest BCUT2D eigenvalue weighted by atomic mass is 16.2. The number of anilines is 1. The van der Waals surface area contributed by atoms with Crippen LogP contribution < -0.4 is 5.32 Å². The van der Waals surface area contributed by atoms with Crippen molar-refractivity contribution in [2.75, 3.05) is 18.9 Å². The zero-order valence-corrected chi connectivity index (χ0v) is 10.4. The van der Waals surface area contributed by atoms with Crippen LogP contribution in [-0.2, 0) is 0 Å². The lowest BCUT2D eigenvalue weighted by Gasteiger charge is -2.22. The van der Waals surface area contributed by atoms with E-state index in [0.29, 0.717) is 6.04 Å². The van der Waals surface area contributed by atoms with E-state index in [4.69, 9.17) is 0 Å². The normalized spacial score (nSPS) is 14.5. The molecule has 92 valence electrons. The maximum atomic E-state index is 12.5. The second kappa shape index (κ2) is 5.17. The Hall–Kier alpha value is -1.58. The molecule has 0 saturated heterocycles. The lowest BCUT2D eigenvalue weighted by Crippen LogP contribution is -2.34. The smallest absolute Gasteiger partial charge is 0.256 e. The number of amides is 1. The summed E-state index contributed by atoms with van der Waals surface area (Å²) in [5.41, 5.74) is 1.53. The van der Waals surface area contributed by atoms with E-state index < -0.39 is 0 Å². The molecule has 1 aromatic heterocycles. The molecule has 0 radical (unpaired) electrons. The van der Waals surface area contributed by atoms with Crippen LogP contribution in [0.5, 0.6) is 0 Å². The highest BCUT2D eigenvalue weighted by Gasteiger charge is 2.33. The Morgan fingerprint density at radius 3 is 2.94 bits per heavy atom. The number of rotatable bonds is 5. The van der Waals surface area contributed by atoms with Crippen molar-refractivity contribution in [2.45, 2.75) is 32.2 Å². The number of pyridine rings is 1. The molecule has 0 aromatic carbocycles. The summed E-state index contributed by atoms with van der Waals surface area (Å²) in [6.45, 7) is 2.95. The van der Waals surface area contributed by atoms with E-state index >= 15 is 0 Å². The predicted molar refractivity (Wildman–Crippen MR) is 68.1 cm³/mol. The Bertz CT molecular complexity index is 401. The fraction of sp³-hybridized carbons (Fsp3) is 0.538. The van der Waals surface area contributed by atoms with E-state index in [2.05, 4.69) is 17.2 Å². The van der Waals surface area contributed by atoms with Gasteiger partial charge in [0.2, 0.25) is 0 Å². The quantitative estimate of drug-likeness (QED) is 0.847. The summed E-state index contributed by atoms with van der Waals surface area (Å²) in [5.74, 6) is 0.126. The Labute approximate surface area is 102 Å². The fourth-order valence-electron chi connectivity index (χ4n) is 2.01. The monoisotopic (exact) mass is 233 g/mol. The molecule has 1 heterocycles. The molecule has 2 rings (SSSR count). The van der Waals surface area contributed by atoms with Crippen molar-refractivity contribution in [1.82, 2.24) is 9.88 Å². The van der Waals surface area contributed by atoms with Gasteiger partial charge in [0, 0.05) is 25.8 Å². The first-order chi connectivity index (χ1) is 8.27. The van der Waals surface area contributed by atoms with E-state index in [9.17, 15) is 4.79 Å². The minimum atomic E-state index is 0.126. The summed E-state index contributed by atoms with van der Waals surface area (Å²) in [6, 6.07) is 2.25. The molecule has 1 N–H and O–H groups in total. The van der Waals surface area contributed by atoms with Crippen molar-refractivity contribution >= 4 is 11.6 Å². The van der Waals surface area contributed by atoms with E-state index in [0.717, 1.165) is 37.1 Å². The van der Waals surface area contributed by atoms with Crippen molar-refractivity contribution in [1.29, 1.82) is 0 Å². The summed E-state index contributed by atoms with van der Waals surface area (Å²) in [6.07, 6.45) is 6.66. The second-order valence-electron chi connectivity index (χ2n) is 4.40. The molecule has 0 bridgehead atoms. The number of nitrogens with zero attached hydrogens (tertiary/aromatic N) is 2. The summed E-state index contributed by atoms with van der Waals surface area (Å²) < 4.78 is 0. The van der Waals surface area contributed by atoms with Crippen molar-refractivity contribution in [3.63, 3.8) is 0 Å². The van der Waals surface area contributed by atoms with Gasteiger partial charge >= 0.3 is 0 Å². The van der Waals surface area contributed by atoms with E-state index in [1.54, 1.807) is 18.5 Å². The number of nitrogens with one attached hydrogen (secondary N) is 1. The standard InChI is InChI=1S/C13H19N3O/c1-3-8-16(10-4-5-10)13(17)11-6-7-15-9-12(11)14-2/h6-7,9-10,14H,3-5,8H2,1-2H3. The molecule has 1 aromatic rings. The van der Waals surface area contributed by atoms with Gasteiger partial charge in [0.1, 0.15) is 0 Å². The van der Waals surface area contributed by atoms with Crippen LogP contribution in [0.4, 0.5) is 5.69 Å². The average molecular weight is 233 g/mol. The summed E-state index contributed by atoms with van der Waals surface area (Å²) in [7, 11) is 1.81. The Morgan fingerprint density at radius 1 is 1.59 bits per heavy atom. The zero-order valence-electron chi connectivity index (χ0n) is 10.4. The third-order valence-corrected chi connectivity index (χ3v) is 3.03. The van der Waals surface area contributed by atoms with Gasteiger partial charge in [0.05, 0.1) is 17.4 Å². The molecule has 1 aliphatic carbocycles. The van der Waals surface area contributed by atoms with Crippen LogP contribution >= 0.6 is 0 Å². The lowest BCUT2D eigenvalue weighted by molar-refractivity contribution is 0.0744. The van der Waals surface area contributed by atoms with Gasteiger partial charge in [-0.3, -0.25) is 9.78 Å². The minimum absolute atomic E-state index is 0.126. The number of carbonyl (C=O) groups is 1. The highest BCUT2D eigenvalue weighted by Crippen LogP contribution is 2.29. The van der Waals surface area contributed by atoms with Gasteiger partial charge in [-0.15, -0.1) is 0 Å². The molecule has 0 atom stereocenters. The molecule has 4 heteroatoms. The largest absolute Gasteiger partial charge is 0.386 e. The zero-order chi connectivity index (χ0) is 12.3. The van der Waals surface area contributed by atoms with Crippen molar-refractivity contribution < 1.29 is 4.79 Å². The van der Waals surface area contributed by atoms with Gasteiger partial charge in [0.15, 0.2) is 0 Å². The van der Waals surface area contributed by atoms with Gasteiger partial charge in [-0.25, -0.2) is 0 Å². The molecule has 1 saturated carbocycles. The molecule has 1 aliphatic rings. The third kappa shape index (κ3) is 2.57. The summed E-state index contributed by atoms with van der Waals surface area (Å²) >= 11 is 0. The lowest BCUT2D eigenvalue weighted by atomic mass is 10.2. The molecule has 17 heavy (non-hydrogen) atoms. The first kappa shape index (κ1) is 11.9. The molecule has 1 amide bonds. The summed E-state index contributed by atoms with van der Waals surface area (Å²) in [4.78, 5) is 18.5. The number of aromatic nitrogens is 1. The Balaban J connectivity index is 2.21.